The number of urea groups is 1. The van der Waals surface area contributed by atoms with E-state index < -0.39 is 42.2 Å². The van der Waals surface area contributed by atoms with Gasteiger partial charge in [-0.1, -0.05) is 48.5 Å². The molecule has 154 valence electrons. The molecule has 0 aliphatic heterocycles. The summed E-state index contributed by atoms with van der Waals surface area (Å²) in [6, 6.07) is 11.5. The van der Waals surface area contributed by atoms with Crippen LogP contribution in [0.4, 0.5) is 18.0 Å². The summed E-state index contributed by atoms with van der Waals surface area (Å²) >= 11 is 0. The Labute approximate surface area is 165 Å². The van der Waals surface area contributed by atoms with E-state index in [1.54, 1.807) is 25.1 Å². The van der Waals surface area contributed by atoms with Crippen LogP contribution in [0.2, 0.25) is 0 Å². The van der Waals surface area contributed by atoms with Crippen LogP contribution in [0.25, 0.3) is 0 Å². The zero-order chi connectivity index (χ0) is 21.4. The molecule has 2 aromatic rings. The van der Waals surface area contributed by atoms with E-state index >= 15 is 0 Å². The normalized spacial score (nSPS) is 12.0. The van der Waals surface area contributed by atoms with Gasteiger partial charge < -0.3 is 10.1 Å². The van der Waals surface area contributed by atoms with Crippen molar-refractivity contribution in [2.45, 2.75) is 25.6 Å². The molecule has 9 heteroatoms. The number of carbonyl (C=O) groups excluding carboxylic acids is 3. The number of benzene rings is 2. The fourth-order valence-electron chi connectivity index (χ4n) is 2.48. The van der Waals surface area contributed by atoms with Crippen molar-refractivity contribution in [3.05, 3.63) is 71.3 Å². The van der Waals surface area contributed by atoms with Crippen molar-refractivity contribution < 1.29 is 32.3 Å². The van der Waals surface area contributed by atoms with Crippen LogP contribution in [0.3, 0.4) is 0 Å². The molecule has 0 heterocycles. The lowest BCUT2D eigenvalue weighted by atomic mass is 10.1. The van der Waals surface area contributed by atoms with Crippen LogP contribution in [0.15, 0.2) is 54.6 Å². The van der Waals surface area contributed by atoms with Crippen LogP contribution in [0, 0.1) is 0 Å². The summed E-state index contributed by atoms with van der Waals surface area (Å²) in [5, 5.41) is 4.44. The smallest absolute Gasteiger partial charge is 0.416 e. The van der Waals surface area contributed by atoms with E-state index in [0.29, 0.717) is 5.56 Å². The maximum atomic E-state index is 12.8. The van der Waals surface area contributed by atoms with E-state index in [4.69, 9.17) is 4.74 Å². The monoisotopic (exact) mass is 408 g/mol. The number of amides is 3. The quantitative estimate of drug-likeness (QED) is 0.718. The summed E-state index contributed by atoms with van der Waals surface area (Å²) in [6.07, 6.45) is -6.45. The first-order valence-corrected chi connectivity index (χ1v) is 8.70. The summed E-state index contributed by atoms with van der Waals surface area (Å²) in [6.45, 7) is 1.94. The second-order valence-electron chi connectivity index (χ2n) is 6.00. The van der Waals surface area contributed by atoms with Crippen molar-refractivity contribution in [1.82, 2.24) is 10.6 Å². The van der Waals surface area contributed by atoms with Gasteiger partial charge in [-0.2, -0.15) is 13.2 Å². The van der Waals surface area contributed by atoms with E-state index in [-0.39, 0.29) is 12.1 Å². The minimum absolute atomic E-state index is 0.0840. The summed E-state index contributed by atoms with van der Waals surface area (Å²) in [5.41, 5.74) is -0.496. The van der Waals surface area contributed by atoms with Gasteiger partial charge in [0.2, 0.25) is 6.10 Å². The molecule has 2 aromatic carbocycles. The van der Waals surface area contributed by atoms with Gasteiger partial charge in [-0.15, -0.1) is 0 Å². The van der Waals surface area contributed by atoms with Crippen molar-refractivity contribution in [3.8, 4) is 0 Å². The average Bonchev–Trinajstić information content (AvgIpc) is 2.66. The number of hydrogen-bond donors (Lipinski definition) is 2. The number of rotatable bonds is 6. The van der Waals surface area contributed by atoms with Gasteiger partial charge in [-0.3, -0.25) is 14.9 Å². The Balaban J connectivity index is 2.15. The number of hydrogen-bond acceptors (Lipinski definition) is 4. The molecule has 2 N–H and O–H groups in total. The third kappa shape index (κ3) is 6.63. The van der Waals surface area contributed by atoms with E-state index in [2.05, 4.69) is 10.6 Å². The van der Waals surface area contributed by atoms with Crippen LogP contribution < -0.4 is 10.6 Å². The first-order chi connectivity index (χ1) is 13.7. The molecule has 6 nitrogen and oxygen atoms in total. The Morgan fingerprint density at radius 2 is 1.72 bits per heavy atom. The molecular formula is C20H19F3N2O4. The Morgan fingerprint density at radius 1 is 1.03 bits per heavy atom. The summed E-state index contributed by atoms with van der Waals surface area (Å²) in [5.74, 6) is -1.79. The van der Waals surface area contributed by atoms with Gasteiger partial charge in [-0.05, 0) is 18.6 Å². The molecule has 0 saturated carbocycles. The van der Waals surface area contributed by atoms with E-state index in [1.807, 2.05) is 0 Å². The Hall–Kier alpha value is -3.36. The average molecular weight is 408 g/mol. The molecule has 0 fully saturated rings. The van der Waals surface area contributed by atoms with Gasteiger partial charge in [0.1, 0.15) is 0 Å². The largest absolute Gasteiger partial charge is 0.447 e. The number of imide groups is 1. The maximum Gasteiger partial charge on any atom is 0.416 e. The predicted molar refractivity (Wildman–Crippen MR) is 97.6 cm³/mol. The SMILES string of the molecule is CCNC(=O)NC(=O)[C@H](OC(=O)Cc1cccc(C(F)(F)F)c1)c1ccccc1. The third-order valence-corrected chi connectivity index (χ3v) is 3.77. The minimum atomic E-state index is -4.54. The highest BCUT2D eigenvalue weighted by Gasteiger charge is 2.31. The molecule has 3 amide bonds. The first kappa shape index (κ1) is 21.9. The molecule has 0 saturated heterocycles. The molecule has 2 rings (SSSR count). The molecule has 0 bridgehead atoms. The molecule has 0 aliphatic carbocycles. The fourth-order valence-corrected chi connectivity index (χ4v) is 2.48. The van der Waals surface area contributed by atoms with Crippen molar-refractivity contribution in [1.29, 1.82) is 0 Å². The summed E-state index contributed by atoms with van der Waals surface area (Å²) in [7, 11) is 0. The van der Waals surface area contributed by atoms with Crippen LogP contribution in [-0.4, -0.2) is 24.5 Å². The Morgan fingerprint density at radius 3 is 2.34 bits per heavy atom. The van der Waals surface area contributed by atoms with E-state index in [9.17, 15) is 27.6 Å². The van der Waals surface area contributed by atoms with Gasteiger partial charge in [0, 0.05) is 12.1 Å². The Bertz CT molecular complexity index is 870. The van der Waals surface area contributed by atoms with E-state index in [0.717, 1.165) is 12.1 Å². The third-order valence-electron chi connectivity index (χ3n) is 3.77. The van der Waals surface area contributed by atoms with Crippen molar-refractivity contribution >= 4 is 17.9 Å². The standard InChI is InChI=1S/C20H19F3N2O4/c1-2-24-19(28)25-18(27)17(14-8-4-3-5-9-14)29-16(26)12-13-7-6-10-15(11-13)20(21,22)23/h3-11,17H,2,12H2,1H3,(H2,24,25,27,28)/t17-/m1/s1. The number of ether oxygens (including phenoxy) is 1. The van der Waals surface area contributed by atoms with E-state index in [1.165, 1.54) is 24.3 Å². The zero-order valence-electron chi connectivity index (χ0n) is 15.5. The lowest BCUT2D eigenvalue weighted by Crippen LogP contribution is -2.42. The topological polar surface area (TPSA) is 84.5 Å². The fraction of sp³-hybridized carbons (Fsp3) is 0.250. The molecule has 0 aromatic heterocycles. The second kappa shape index (κ2) is 9.72. The number of carbonyl (C=O) groups is 3. The first-order valence-electron chi connectivity index (χ1n) is 8.70. The Kier molecular flexibility index (Phi) is 7.35. The number of alkyl halides is 3. The molecule has 1 atom stereocenters. The molecule has 0 radical (unpaired) electrons. The van der Waals surface area contributed by atoms with Gasteiger partial charge in [0.15, 0.2) is 0 Å². The van der Waals surface area contributed by atoms with Crippen molar-refractivity contribution in [2.75, 3.05) is 6.54 Å². The van der Waals surface area contributed by atoms with Gasteiger partial charge >= 0.3 is 18.2 Å². The molecule has 29 heavy (non-hydrogen) atoms. The zero-order valence-corrected chi connectivity index (χ0v) is 15.5. The summed E-state index contributed by atoms with van der Waals surface area (Å²) in [4.78, 5) is 36.3. The number of nitrogens with one attached hydrogen (secondary N) is 2. The van der Waals surface area contributed by atoms with Crippen molar-refractivity contribution in [3.63, 3.8) is 0 Å². The highest BCUT2D eigenvalue weighted by Crippen LogP contribution is 2.29. The minimum Gasteiger partial charge on any atom is -0.447 e. The van der Waals surface area contributed by atoms with Crippen LogP contribution in [0.5, 0.6) is 0 Å². The molecule has 0 spiro atoms. The molecular weight excluding hydrogens is 389 g/mol. The highest BCUT2D eigenvalue weighted by atomic mass is 19.4. The van der Waals surface area contributed by atoms with Gasteiger partial charge in [0.25, 0.3) is 5.91 Å². The van der Waals surface area contributed by atoms with Gasteiger partial charge in [0.05, 0.1) is 12.0 Å². The maximum absolute atomic E-state index is 12.8. The van der Waals surface area contributed by atoms with Crippen LogP contribution in [0.1, 0.15) is 29.7 Å². The second-order valence-corrected chi connectivity index (χ2v) is 6.00. The number of halogens is 3. The van der Waals surface area contributed by atoms with Crippen LogP contribution in [-0.2, 0) is 26.9 Å². The van der Waals surface area contributed by atoms with Crippen molar-refractivity contribution in [2.24, 2.45) is 0 Å². The lowest BCUT2D eigenvalue weighted by Gasteiger charge is -2.18. The molecule has 0 aliphatic rings. The molecule has 0 unspecified atom stereocenters. The highest BCUT2D eigenvalue weighted by molar-refractivity contribution is 5.97. The lowest BCUT2D eigenvalue weighted by molar-refractivity contribution is -0.155. The number of esters is 1. The predicted octanol–water partition coefficient (Wildman–Crippen LogP) is 3.38. The summed E-state index contributed by atoms with van der Waals surface area (Å²) < 4.78 is 43.7. The van der Waals surface area contributed by atoms with Gasteiger partial charge in [-0.25, -0.2) is 4.79 Å². The van der Waals surface area contributed by atoms with Crippen LogP contribution >= 0.6 is 0 Å².